The van der Waals surface area contributed by atoms with Crippen LogP contribution in [0.1, 0.15) is 18.4 Å². The van der Waals surface area contributed by atoms with Crippen LogP contribution < -0.4 is 5.32 Å². The van der Waals surface area contributed by atoms with Crippen LogP contribution in [0, 0.1) is 5.92 Å². The highest BCUT2D eigenvalue weighted by molar-refractivity contribution is 5.79. The van der Waals surface area contributed by atoms with Crippen LogP contribution in [-0.2, 0) is 11.3 Å². The molecule has 3 heterocycles. The third-order valence-corrected chi connectivity index (χ3v) is 4.01. The summed E-state index contributed by atoms with van der Waals surface area (Å²) in [6.45, 7) is 2.57. The van der Waals surface area contributed by atoms with Gasteiger partial charge in [0.15, 0.2) is 0 Å². The number of aromatic amines is 1. The van der Waals surface area contributed by atoms with Gasteiger partial charge in [-0.2, -0.15) is 0 Å². The Bertz CT molecular complexity index is 599. The summed E-state index contributed by atoms with van der Waals surface area (Å²) in [5, 5.41) is 4.11. The van der Waals surface area contributed by atoms with Gasteiger partial charge in [0.2, 0.25) is 5.91 Å². The zero-order valence-electron chi connectivity index (χ0n) is 11.7. The van der Waals surface area contributed by atoms with Crippen LogP contribution >= 0.6 is 0 Å². The van der Waals surface area contributed by atoms with E-state index in [2.05, 4.69) is 33.3 Å². The molecule has 2 N–H and O–H groups in total. The van der Waals surface area contributed by atoms with Gasteiger partial charge in [-0.05, 0) is 50.7 Å². The molecule has 0 unspecified atom stereocenters. The van der Waals surface area contributed by atoms with Crippen molar-refractivity contribution >= 4 is 16.9 Å². The molecule has 5 nitrogen and oxygen atoms in total. The topological polar surface area (TPSA) is 61.0 Å². The monoisotopic (exact) mass is 272 g/mol. The first-order chi connectivity index (χ1) is 9.72. The van der Waals surface area contributed by atoms with E-state index >= 15 is 0 Å². The number of carbonyl (C=O) groups excluding carboxylic acids is 1. The second-order valence-corrected chi connectivity index (χ2v) is 5.55. The van der Waals surface area contributed by atoms with E-state index in [0.29, 0.717) is 6.54 Å². The first-order valence-corrected chi connectivity index (χ1v) is 7.10. The smallest absolute Gasteiger partial charge is 0.223 e. The molecule has 2 aromatic heterocycles. The molecule has 0 aromatic carbocycles. The van der Waals surface area contributed by atoms with Crippen LogP contribution in [0.2, 0.25) is 0 Å². The molecule has 3 rings (SSSR count). The Morgan fingerprint density at radius 3 is 3.10 bits per heavy atom. The van der Waals surface area contributed by atoms with Crippen molar-refractivity contribution in [2.75, 3.05) is 20.1 Å². The van der Waals surface area contributed by atoms with Gasteiger partial charge in [0.25, 0.3) is 0 Å². The van der Waals surface area contributed by atoms with Crippen molar-refractivity contribution in [1.29, 1.82) is 0 Å². The average molecular weight is 272 g/mol. The summed E-state index contributed by atoms with van der Waals surface area (Å²) in [7, 11) is 2.10. The van der Waals surface area contributed by atoms with Crippen molar-refractivity contribution in [3.8, 4) is 0 Å². The fourth-order valence-electron chi connectivity index (χ4n) is 2.69. The third kappa shape index (κ3) is 2.82. The summed E-state index contributed by atoms with van der Waals surface area (Å²) in [5.41, 5.74) is 1.92. The Morgan fingerprint density at radius 1 is 1.50 bits per heavy atom. The van der Waals surface area contributed by atoms with Crippen LogP contribution in [0.4, 0.5) is 0 Å². The lowest BCUT2D eigenvalue weighted by Crippen LogP contribution is -2.38. The molecule has 1 fully saturated rings. The summed E-state index contributed by atoms with van der Waals surface area (Å²) in [6.07, 6.45) is 5.60. The summed E-state index contributed by atoms with van der Waals surface area (Å²) in [4.78, 5) is 21.8. The molecule has 1 saturated heterocycles. The minimum atomic E-state index is 0.162. The molecule has 106 valence electrons. The average Bonchev–Trinajstić information content (AvgIpc) is 2.93. The minimum absolute atomic E-state index is 0.162. The fraction of sp³-hybridized carbons (Fsp3) is 0.467. The van der Waals surface area contributed by atoms with Crippen molar-refractivity contribution in [3.63, 3.8) is 0 Å². The van der Waals surface area contributed by atoms with E-state index in [1.165, 1.54) is 0 Å². The Morgan fingerprint density at radius 2 is 2.30 bits per heavy atom. The number of likely N-dealkylation sites (tertiary alicyclic amines) is 1. The van der Waals surface area contributed by atoms with Crippen molar-refractivity contribution in [2.45, 2.75) is 19.4 Å². The van der Waals surface area contributed by atoms with E-state index in [0.717, 1.165) is 42.5 Å². The van der Waals surface area contributed by atoms with E-state index < -0.39 is 0 Å². The predicted molar refractivity (Wildman–Crippen MR) is 78.2 cm³/mol. The molecule has 1 amide bonds. The number of fused-ring (bicyclic) bond motifs is 1. The number of nitrogens with zero attached hydrogens (tertiary/aromatic N) is 2. The third-order valence-electron chi connectivity index (χ3n) is 4.01. The predicted octanol–water partition coefficient (Wildman–Crippen LogP) is 1.52. The maximum absolute atomic E-state index is 12.1. The number of nitrogens with one attached hydrogen (secondary N) is 2. The molecule has 1 aliphatic rings. The normalized spacial score (nSPS) is 17.4. The first-order valence-electron chi connectivity index (χ1n) is 7.10. The van der Waals surface area contributed by atoms with Crippen molar-refractivity contribution in [2.24, 2.45) is 5.92 Å². The lowest BCUT2D eigenvalue weighted by atomic mass is 9.96. The number of H-pyrrole nitrogens is 1. The minimum Gasteiger partial charge on any atom is -0.352 e. The quantitative estimate of drug-likeness (QED) is 0.890. The first kappa shape index (κ1) is 13.1. The number of hydrogen-bond acceptors (Lipinski definition) is 3. The zero-order valence-corrected chi connectivity index (χ0v) is 11.7. The van der Waals surface area contributed by atoms with Gasteiger partial charge in [-0.25, -0.2) is 4.98 Å². The number of pyridine rings is 1. The SMILES string of the molecule is CN1CCC(C(=O)NCc2cnc3[nH]ccc3c2)CC1. The van der Waals surface area contributed by atoms with Crippen LogP contribution in [-0.4, -0.2) is 40.9 Å². The number of piperidine rings is 1. The fourth-order valence-corrected chi connectivity index (χ4v) is 2.69. The number of carbonyl (C=O) groups is 1. The zero-order chi connectivity index (χ0) is 13.9. The highest BCUT2D eigenvalue weighted by atomic mass is 16.1. The second-order valence-electron chi connectivity index (χ2n) is 5.55. The Labute approximate surface area is 118 Å². The van der Waals surface area contributed by atoms with Gasteiger partial charge in [0.1, 0.15) is 5.65 Å². The standard InChI is InChI=1S/C15H20N4O/c1-19-6-3-12(4-7-19)15(20)18-10-11-8-13-2-5-16-14(13)17-9-11/h2,5,8-9,12H,3-4,6-7,10H2,1H3,(H,16,17)(H,18,20). The maximum Gasteiger partial charge on any atom is 0.223 e. The molecule has 1 aliphatic heterocycles. The largest absolute Gasteiger partial charge is 0.352 e. The van der Waals surface area contributed by atoms with Gasteiger partial charge in [0, 0.05) is 30.2 Å². The van der Waals surface area contributed by atoms with E-state index in [9.17, 15) is 4.79 Å². The van der Waals surface area contributed by atoms with E-state index in [-0.39, 0.29) is 11.8 Å². The highest BCUT2D eigenvalue weighted by Gasteiger charge is 2.22. The van der Waals surface area contributed by atoms with Crippen LogP contribution in [0.3, 0.4) is 0 Å². The number of hydrogen-bond donors (Lipinski definition) is 2. The van der Waals surface area contributed by atoms with Gasteiger partial charge in [0.05, 0.1) is 0 Å². The number of aromatic nitrogens is 2. The highest BCUT2D eigenvalue weighted by Crippen LogP contribution is 2.16. The summed E-state index contributed by atoms with van der Waals surface area (Å²) in [6, 6.07) is 4.05. The molecule has 0 bridgehead atoms. The molecule has 2 aromatic rings. The summed E-state index contributed by atoms with van der Waals surface area (Å²) in [5.74, 6) is 0.336. The molecular weight excluding hydrogens is 252 g/mol. The summed E-state index contributed by atoms with van der Waals surface area (Å²) >= 11 is 0. The van der Waals surface area contributed by atoms with Crippen molar-refractivity contribution in [3.05, 3.63) is 30.1 Å². The molecule has 0 radical (unpaired) electrons. The van der Waals surface area contributed by atoms with Crippen LogP contribution in [0.25, 0.3) is 11.0 Å². The van der Waals surface area contributed by atoms with Crippen molar-refractivity contribution in [1.82, 2.24) is 20.2 Å². The van der Waals surface area contributed by atoms with Gasteiger partial charge >= 0.3 is 0 Å². The van der Waals surface area contributed by atoms with Gasteiger partial charge < -0.3 is 15.2 Å². The van der Waals surface area contributed by atoms with E-state index in [1.54, 1.807) is 0 Å². The molecule has 0 aliphatic carbocycles. The molecule has 0 saturated carbocycles. The number of amides is 1. The van der Waals surface area contributed by atoms with Gasteiger partial charge in [-0.3, -0.25) is 4.79 Å². The lowest BCUT2D eigenvalue weighted by molar-refractivity contribution is -0.126. The van der Waals surface area contributed by atoms with E-state index in [4.69, 9.17) is 0 Å². The lowest BCUT2D eigenvalue weighted by Gasteiger charge is -2.28. The molecule has 5 heteroatoms. The van der Waals surface area contributed by atoms with E-state index in [1.807, 2.05) is 18.5 Å². The number of rotatable bonds is 3. The van der Waals surface area contributed by atoms with Crippen LogP contribution in [0.15, 0.2) is 24.5 Å². The van der Waals surface area contributed by atoms with Crippen LogP contribution in [0.5, 0.6) is 0 Å². The Balaban J connectivity index is 1.57. The second kappa shape index (κ2) is 5.63. The molecule has 20 heavy (non-hydrogen) atoms. The Kier molecular flexibility index (Phi) is 3.69. The molecular formula is C15H20N4O. The maximum atomic E-state index is 12.1. The van der Waals surface area contributed by atoms with Crippen molar-refractivity contribution < 1.29 is 4.79 Å². The van der Waals surface area contributed by atoms with Gasteiger partial charge in [-0.15, -0.1) is 0 Å². The molecule has 0 spiro atoms. The molecule has 0 atom stereocenters. The Hall–Kier alpha value is -1.88. The van der Waals surface area contributed by atoms with Gasteiger partial charge in [-0.1, -0.05) is 0 Å². The summed E-state index contributed by atoms with van der Waals surface area (Å²) < 4.78 is 0.